The number of piperazine rings is 1. The summed E-state index contributed by atoms with van der Waals surface area (Å²) in [5.41, 5.74) is 3.48. The molecular weight excluding hydrogens is 437 g/mol. The van der Waals surface area contributed by atoms with Gasteiger partial charge in [-0.15, -0.1) is 0 Å². The highest BCUT2D eigenvalue weighted by Crippen LogP contribution is 2.32. The van der Waals surface area contributed by atoms with Crippen LogP contribution in [0, 0.1) is 0 Å². The van der Waals surface area contributed by atoms with Crippen molar-refractivity contribution in [1.29, 1.82) is 0 Å². The van der Waals surface area contributed by atoms with E-state index in [1.165, 1.54) is 10.8 Å². The lowest BCUT2D eigenvalue weighted by Crippen LogP contribution is -2.51. The van der Waals surface area contributed by atoms with Gasteiger partial charge in [0, 0.05) is 49.8 Å². The number of anilines is 1. The number of hydrogen-bond acceptors (Lipinski definition) is 5. The van der Waals surface area contributed by atoms with E-state index in [1.807, 2.05) is 0 Å². The van der Waals surface area contributed by atoms with Crippen LogP contribution in [0.2, 0.25) is 0 Å². The van der Waals surface area contributed by atoms with Gasteiger partial charge in [-0.1, -0.05) is 62.5 Å². The van der Waals surface area contributed by atoms with E-state index in [1.54, 1.807) is 0 Å². The van der Waals surface area contributed by atoms with Gasteiger partial charge in [-0.2, -0.15) is 0 Å². The Labute approximate surface area is 205 Å². The van der Waals surface area contributed by atoms with E-state index in [4.69, 9.17) is 15.0 Å². The lowest BCUT2D eigenvalue weighted by Gasteiger charge is -2.42. The molecule has 4 aromatic rings. The van der Waals surface area contributed by atoms with Crippen LogP contribution in [0.1, 0.15) is 26.1 Å². The van der Waals surface area contributed by atoms with Crippen molar-refractivity contribution >= 4 is 27.6 Å². The number of nitrogens with zero attached hydrogens (tertiary/aromatic N) is 5. The molecule has 0 saturated carbocycles. The number of fused-ring (bicyclic) bond motifs is 2. The smallest absolute Gasteiger partial charge is 0.165 e. The topological polar surface area (TPSA) is 45.2 Å². The highest BCUT2D eigenvalue weighted by atomic mass is 19.1. The minimum Gasteiger partial charge on any atom is -0.369 e. The Bertz CT molecular complexity index is 1420. The van der Waals surface area contributed by atoms with E-state index in [-0.39, 0.29) is 18.3 Å². The van der Waals surface area contributed by atoms with Gasteiger partial charge in [0.05, 0.1) is 16.9 Å². The molecule has 35 heavy (non-hydrogen) atoms. The summed E-state index contributed by atoms with van der Waals surface area (Å²) >= 11 is 0. The molecule has 2 aromatic carbocycles. The maximum Gasteiger partial charge on any atom is 0.165 e. The molecule has 5 rings (SSSR count). The maximum absolute atomic E-state index is 13.4. The first-order chi connectivity index (χ1) is 16.9. The average Bonchev–Trinajstić information content (AvgIpc) is 2.86. The Hall–Kier alpha value is -3.80. The zero-order chi connectivity index (χ0) is 24.5. The number of pyridine rings is 1. The summed E-state index contributed by atoms with van der Waals surface area (Å²) in [6.07, 6.45) is 0.912. The van der Waals surface area contributed by atoms with E-state index in [2.05, 4.69) is 91.4 Å². The number of benzene rings is 2. The first-order valence-corrected chi connectivity index (χ1v) is 12.1. The van der Waals surface area contributed by atoms with E-state index in [9.17, 15) is 4.39 Å². The second-order valence-corrected chi connectivity index (χ2v) is 9.16. The van der Waals surface area contributed by atoms with Crippen molar-refractivity contribution in [3.05, 3.63) is 85.1 Å². The van der Waals surface area contributed by atoms with Gasteiger partial charge in [-0.3, -0.25) is 0 Å². The van der Waals surface area contributed by atoms with Crippen LogP contribution in [-0.4, -0.2) is 45.5 Å². The lowest BCUT2D eigenvalue weighted by atomic mass is 10.0. The summed E-state index contributed by atoms with van der Waals surface area (Å²) in [4.78, 5) is 19.2. The molecule has 0 N–H and O–H groups in total. The molecule has 6 heteroatoms. The lowest BCUT2D eigenvalue weighted by molar-refractivity contribution is 0.236. The summed E-state index contributed by atoms with van der Waals surface area (Å²) in [6.45, 7) is 13.9. The van der Waals surface area contributed by atoms with Gasteiger partial charge in [-0.05, 0) is 29.8 Å². The summed E-state index contributed by atoms with van der Waals surface area (Å²) < 4.78 is 13.4. The predicted molar refractivity (Wildman–Crippen MR) is 142 cm³/mol. The fourth-order valence-electron chi connectivity index (χ4n) is 4.98. The fourth-order valence-corrected chi connectivity index (χ4v) is 4.98. The number of rotatable bonds is 6. The maximum atomic E-state index is 13.4. The van der Waals surface area contributed by atoms with Crippen molar-refractivity contribution in [2.45, 2.75) is 32.7 Å². The first kappa shape index (κ1) is 23.0. The molecule has 0 amide bonds. The van der Waals surface area contributed by atoms with Crippen LogP contribution < -0.4 is 4.90 Å². The van der Waals surface area contributed by atoms with Crippen molar-refractivity contribution < 1.29 is 4.39 Å². The number of aromatic nitrogens is 3. The zero-order valence-electron chi connectivity index (χ0n) is 20.3. The molecule has 3 heterocycles. The third-order valence-corrected chi connectivity index (χ3v) is 6.70. The van der Waals surface area contributed by atoms with Crippen LogP contribution in [-0.2, 0) is 6.42 Å². The average molecular weight is 468 g/mol. The number of halogens is 1. The number of allylic oxidation sites excluding steroid dienone is 1. The van der Waals surface area contributed by atoms with Crippen molar-refractivity contribution in [1.82, 2.24) is 19.9 Å². The third-order valence-electron chi connectivity index (χ3n) is 6.70. The van der Waals surface area contributed by atoms with Crippen LogP contribution in [0.5, 0.6) is 0 Å². The molecule has 0 aliphatic carbocycles. The molecule has 0 spiro atoms. The van der Waals surface area contributed by atoms with Gasteiger partial charge in [-0.25, -0.2) is 19.3 Å². The van der Waals surface area contributed by atoms with Crippen molar-refractivity contribution in [3.63, 3.8) is 0 Å². The Morgan fingerprint density at radius 2 is 1.77 bits per heavy atom. The Morgan fingerprint density at radius 3 is 2.54 bits per heavy atom. The SMILES string of the molecule is C=C(F)CC(=C)N1CCN(c2nc(CC)nc3nc(-c4cccc5ccccc45)ccc23)CC1C. The second kappa shape index (κ2) is 9.45. The van der Waals surface area contributed by atoms with E-state index >= 15 is 0 Å². The van der Waals surface area contributed by atoms with Gasteiger partial charge in [0.1, 0.15) is 11.6 Å². The minimum atomic E-state index is -0.355. The summed E-state index contributed by atoms with van der Waals surface area (Å²) in [7, 11) is 0. The molecule has 178 valence electrons. The third kappa shape index (κ3) is 4.48. The summed E-state index contributed by atoms with van der Waals surface area (Å²) in [5.74, 6) is 1.34. The largest absolute Gasteiger partial charge is 0.369 e. The first-order valence-electron chi connectivity index (χ1n) is 12.1. The quantitative estimate of drug-likeness (QED) is 0.333. The van der Waals surface area contributed by atoms with Gasteiger partial charge >= 0.3 is 0 Å². The summed E-state index contributed by atoms with van der Waals surface area (Å²) in [5, 5.41) is 3.31. The summed E-state index contributed by atoms with van der Waals surface area (Å²) in [6, 6.07) is 19.0. The molecule has 1 aliphatic heterocycles. The van der Waals surface area contributed by atoms with Crippen LogP contribution >= 0.6 is 0 Å². The Morgan fingerprint density at radius 1 is 0.971 bits per heavy atom. The van der Waals surface area contributed by atoms with Crippen LogP contribution in [0.15, 0.2) is 79.3 Å². The molecule has 1 fully saturated rings. The highest BCUT2D eigenvalue weighted by molar-refractivity contribution is 5.97. The Kier molecular flexibility index (Phi) is 6.20. The van der Waals surface area contributed by atoms with Gasteiger partial charge in [0.25, 0.3) is 0 Å². The zero-order valence-corrected chi connectivity index (χ0v) is 20.3. The van der Waals surface area contributed by atoms with Crippen molar-refractivity contribution in [2.75, 3.05) is 24.5 Å². The van der Waals surface area contributed by atoms with E-state index in [0.717, 1.165) is 60.0 Å². The predicted octanol–water partition coefficient (Wildman–Crippen LogP) is 6.30. The molecule has 1 atom stereocenters. The van der Waals surface area contributed by atoms with Crippen LogP contribution in [0.25, 0.3) is 33.1 Å². The molecule has 2 aromatic heterocycles. The molecule has 1 aliphatic rings. The monoisotopic (exact) mass is 467 g/mol. The van der Waals surface area contributed by atoms with Crippen LogP contribution in [0.4, 0.5) is 10.2 Å². The van der Waals surface area contributed by atoms with E-state index in [0.29, 0.717) is 5.65 Å². The van der Waals surface area contributed by atoms with Gasteiger partial charge in [0.15, 0.2) is 5.65 Å². The number of hydrogen-bond donors (Lipinski definition) is 0. The standard InChI is InChI=1S/C29H30FN5/c1-5-27-32-28-25(13-14-26(31-28)24-12-8-10-22-9-6-7-11-23(22)24)29(33-27)34-15-16-35(21(4)18-34)20(3)17-19(2)30/h6-14,21H,2-3,5,15-18H2,1,4H3. The Balaban J connectivity index is 1.51. The normalized spacial score (nSPS) is 16.1. The van der Waals surface area contributed by atoms with Crippen LogP contribution in [0.3, 0.4) is 0 Å². The van der Waals surface area contributed by atoms with Gasteiger partial charge in [0.2, 0.25) is 0 Å². The number of aryl methyl sites for hydroxylation is 1. The minimum absolute atomic E-state index is 0.175. The molecule has 1 saturated heterocycles. The molecule has 5 nitrogen and oxygen atoms in total. The van der Waals surface area contributed by atoms with E-state index < -0.39 is 0 Å². The van der Waals surface area contributed by atoms with Crippen molar-refractivity contribution in [3.8, 4) is 11.3 Å². The molecule has 1 unspecified atom stereocenters. The second-order valence-electron chi connectivity index (χ2n) is 9.16. The molecule has 0 bridgehead atoms. The molecular formula is C29H30FN5. The molecule has 0 radical (unpaired) electrons. The van der Waals surface area contributed by atoms with Crippen molar-refractivity contribution in [2.24, 2.45) is 0 Å². The highest BCUT2D eigenvalue weighted by Gasteiger charge is 2.27. The fraction of sp³-hybridized carbons (Fsp3) is 0.276. The van der Waals surface area contributed by atoms with Gasteiger partial charge < -0.3 is 9.80 Å².